The van der Waals surface area contributed by atoms with Crippen LogP contribution >= 0.6 is 11.6 Å². The number of benzene rings is 3. The highest BCUT2D eigenvalue weighted by molar-refractivity contribution is 6.30. The number of likely N-dealkylation sites (tertiary alicyclic amines) is 1. The van der Waals surface area contributed by atoms with Crippen LogP contribution in [0.3, 0.4) is 0 Å². The maximum Gasteiger partial charge on any atom is 0.163 e. The molecule has 0 aliphatic carbocycles. The maximum absolute atomic E-state index is 12.9. The molecule has 34 heavy (non-hydrogen) atoms. The molecule has 1 saturated heterocycles. The lowest BCUT2D eigenvalue weighted by Crippen LogP contribution is -2.16. The van der Waals surface area contributed by atoms with Crippen LogP contribution in [0.4, 0.5) is 0 Å². The van der Waals surface area contributed by atoms with Crippen molar-refractivity contribution in [1.82, 2.24) is 9.47 Å². The Morgan fingerprint density at radius 2 is 1.50 bits per heavy atom. The minimum absolute atomic E-state index is 0.239. The average Bonchev–Trinajstić information content (AvgIpc) is 3.46. The van der Waals surface area contributed by atoms with Crippen LogP contribution in [-0.2, 0) is 0 Å². The molecule has 1 aromatic heterocycles. The van der Waals surface area contributed by atoms with E-state index in [-0.39, 0.29) is 5.78 Å². The second kappa shape index (κ2) is 9.61. The highest BCUT2D eigenvalue weighted by Gasteiger charge is 2.23. The van der Waals surface area contributed by atoms with Crippen LogP contribution in [0.15, 0.2) is 84.9 Å². The fourth-order valence-corrected chi connectivity index (χ4v) is 5.11. The first-order valence-electron chi connectivity index (χ1n) is 11.9. The minimum Gasteiger partial charge on any atom is -0.309 e. The minimum atomic E-state index is 0.239. The Kier molecular flexibility index (Phi) is 6.40. The number of rotatable bonds is 6. The summed E-state index contributed by atoms with van der Waals surface area (Å²) in [6, 6.07) is 28.8. The molecule has 1 atom stereocenters. The predicted molar refractivity (Wildman–Crippen MR) is 141 cm³/mol. The molecule has 4 heteroatoms. The lowest BCUT2D eigenvalue weighted by atomic mass is 9.96. The molecule has 1 aliphatic heterocycles. The number of hydrogen-bond donors (Lipinski definition) is 0. The van der Waals surface area contributed by atoms with Gasteiger partial charge in [-0.3, -0.25) is 4.79 Å². The Morgan fingerprint density at radius 3 is 2.09 bits per heavy atom. The molecule has 0 unspecified atom stereocenters. The number of Topliss-reactive ketones (excluding diaryl/α,β-unsaturated/α-hetero) is 1. The number of nitrogens with zero attached hydrogens (tertiary/aromatic N) is 2. The number of halogens is 1. The molecule has 0 radical (unpaired) electrons. The zero-order chi connectivity index (χ0) is 23.7. The molecule has 2 heterocycles. The van der Waals surface area contributed by atoms with Gasteiger partial charge in [0.25, 0.3) is 0 Å². The van der Waals surface area contributed by atoms with Crippen molar-refractivity contribution in [1.29, 1.82) is 0 Å². The summed E-state index contributed by atoms with van der Waals surface area (Å²) in [4.78, 5) is 15.2. The number of aryl methyl sites for hydroxylation is 1. The summed E-state index contributed by atoms with van der Waals surface area (Å²) in [7, 11) is 2.13. The summed E-state index contributed by atoms with van der Waals surface area (Å²) in [5.74, 6) is 0.709. The lowest BCUT2D eigenvalue weighted by molar-refractivity contribution is 0.0962. The highest BCUT2D eigenvalue weighted by atomic mass is 35.5. The maximum atomic E-state index is 12.9. The number of carbonyl (C=O) groups is 1. The van der Waals surface area contributed by atoms with Gasteiger partial charge >= 0.3 is 0 Å². The molecule has 1 fully saturated rings. The van der Waals surface area contributed by atoms with Gasteiger partial charge in [0.15, 0.2) is 5.78 Å². The fourth-order valence-electron chi connectivity index (χ4n) is 4.98. The van der Waals surface area contributed by atoms with Gasteiger partial charge in [-0.1, -0.05) is 66.2 Å². The van der Waals surface area contributed by atoms with Crippen LogP contribution in [0.1, 0.15) is 28.8 Å². The monoisotopic (exact) mass is 468 g/mol. The van der Waals surface area contributed by atoms with E-state index >= 15 is 0 Å². The van der Waals surface area contributed by atoms with Crippen molar-refractivity contribution in [2.24, 2.45) is 5.92 Å². The number of aromatic nitrogens is 1. The standard InChI is InChI=1S/C30H29ClN2O/c1-21-5-3-4-6-27(21)33-28(15-16-29(33)24-11-13-26(31)14-12-24)23-7-9-25(10-8-23)30(34)19-22-17-18-32(2)20-22/h3-16,22H,17-20H2,1-2H3/t22-/m0/s1. The van der Waals surface area contributed by atoms with Crippen molar-refractivity contribution in [2.45, 2.75) is 19.8 Å². The SMILES string of the molecule is Cc1ccccc1-n1c(-c2ccc(Cl)cc2)ccc1-c1ccc(C(=O)C[C@@H]2CCN(C)C2)cc1. The zero-order valence-corrected chi connectivity index (χ0v) is 20.4. The summed E-state index contributed by atoms with van der Waals surface area (Å²) < 4.78 is 2.30. The molecular weight excluding hydrogens is 440 g/mol. The topological polar surface area (TPSA) is 25.2 Å². The molecule has 5 rings (SSSR count). The van der Waals surface area contributed by atoms with E-state index in [0.717, 1.165) is 58.3 Å². The summed E-state index contributed by atoms with van der Waals surface area (Å²) in [5, 5.41) is 0.725. The van der Waals surface area contributed by atoms with E-state index in [1.165, 1.54) is 5.56 Å². The number of hydrogen-bond acceptors (Lipinski definition) is 2. The lowest BCUT2D eigenvalue weighted by Gasteiger charge is -2.17. The Labute approximate surface area is 206 Å². The molecule has 0 bridgehead atoms. The molecule has 1 aliphatic rings. The van der Waals surface area contributed by atoms with E-state index in [1.54, 1.807) is 0 Å². The first-order chi connectivity index (χ1) is 16.5. The summed E-state index contributed by atoms with van der Waals surface area (Å²) in [6.45, 7) is 4.23. The Balaban J connectivity index is 1.50. The van der Waals surface area contributed by atoms with Crippen molar-refractivity contribution in [3.63, 3.8) is 0 Å². The van der Waals surface area contributed by atoms with Crippen LogP contribution in [0, 0.1) is 12.8 Å². The molecule has 0 N–H and O–H groups in total. The van der Waals surface area contributed by atoms with Gasteiger partial charge in [0.2, 0.25) is 0 Å². The average molecular weight is 469 g/mol. The van der Waals surface area contributed by atoms with E-state index in [1.807, 2.05) is 24.3 Å². The van der Waals surface area contributed by atoms with Crippen molar-refractivity contribution < 1.29 is 4.79 Å². The quantitative estimate of drug-likeness (QED) is 0.277. The van der Waals surface area contributed by atoms with E-state index in [2.05, 4.69) is 84.1 Å². The van der Waals surface area contributed by atoms with Gasteiger partial charge < -0.3 is 9.47 Å². The fraction of sp³-hybridized carbons (Fsp3) is 0.233. The van der Waals surface area contributed by atoms with Gasteiger partial charge in [0, 0.05) is 29.2 Å². The predicted octanol–water partition coefficient (Wildman–Crippen LogP) is 7.30. The Morgan fingerprint density at radius 1 is 0.882 bits per heavy atom. The summed E-state index contributed by atoms with van der Waals surface area (Å²) in [6.07, 6.45) is 1.74. The van der Waals surface area contributed by atoms with Gasteiger partial charge in [-0.2, -0.15) is 0 Å². The third kappa shape index (κ3) is 4.59. The van der Waals surface area contributed by atoms with Gasteiger partial charge in [-0.05, 0) is 79.9 Å². The van der Waals surface area contributed by atoms with Crippen molar-refractivity contribution in [3.8, 4) is 28.2 Å². The van der Waals surface area contributed by atoms with E-state index in [4.69, 9.17) is 11.6 Å². The Hall–Kier alpha value is -3.14. The zero-order valence-electron chi connectivity index (χ0n) is 19.7. The number of ketones is 1. The third-order valence-electron chi connectivity index (χ3n) is 6.84. The molecule has 0 amide bonds. The van der Waals surface area contributed by atoms with Crippen LogP contribution < -0.4 is 0 Å². The van der Waals surface area contributed by atoms with Crippen LogP contribution in [0.25, 0.3) is 28.2 Å². The summed E-state index contributed by atoms with van der Waals surface area (Å²) in [5.41, 5.74) is 7.52. The molecule has 172 valence electrons. The van der Waals surface area contributed by atoms with Crippen LogP contribution in [-0.4, -0.2) is 35.4 Å². The first-order valence-corrected chi connectivity index (χ1v) is 12.2. The highest BCUT2D eigenvalue weighted by Crippen LogP contribution is 2.34. The molecular formula is C30H29ClN2O. The van der Waals surface area contributed by atoms with E-state index in [0.29, 0.717) is 12.3 Å². The summed E-state index contributed by atoms with van der Waals surface area (Å²) >= 11 is 6.15. The smallest absolute Gasteiger partial charge is 0.163 e. The van der Waals surface area contributed by atoms with Gasteiger partial charge in [0.05, 0.1) is 11.4 Å². The van der Waals surface area contributed by atoms with Crippen molar-refractivity contribution in [3.05, 3.63) is 101 Å². The van der Waals surface area contributed by atoms with Gasteiger partial charge in [0.1, 0.15) is 0 Å². The molecule has 0 saturated carbocycles. The third-order valence-corrected chi connectivity index (χ3v) is 7.09. The number of para-hydroxylation sites is 1. The first kappa shape index (κ1) is 22.6. The van der Waals surface area contributed by atoms with Crippen LogP contribution in [0.5, 0.6) is 0 Å². The van der Waals surface area contributed by atoms with E-state index < -0.39 is 0 Å². The normalized spacial score (nSPS) is 16.1. The van der Waals surface area contributed by atoms with Crippen molar-refractivity contribution in [2.75, 3.05) is 20.1 Å². The van der Waals surface area contributed by atoms with Gasteiger partial charge in [-0.15, -0.1) is 0 Å². The second-order valence-corrected chi connectivity index (χ2v) is 9.79. The van der Waals surface area contributed by atoms with Crippen LogP contribution in [0.2, 0.25) is 5.02 Å². The van der Waals surface area contributed by atoms with Crippen molar-refractivity contribution >= 4 is 17.4 Å². The molecule has 0 spiro atoms. The molecule has 4 aromatic rings. The van der Waals surface area contributed by atoms with Gasteiger partial charge in [-0.25, -0.2) is 0 Å². The Bertz CT molecular complexity index is 1300. The molecule has 3 nitrogen and oxygen atoms in total. The largest absolute Gasteiger partial charge is 0.309 e. The molecule has 3 aromatic carbocycles. The van der Waals surface area contributed by atoms with E-state index in [9.17, 15) is 4.79 Å². The second-order valence-electron chi connectivity index (χ2n) is 9.35. The number of carbonyl (C=O) groups excluding carboxylic acids is 1.